The molecular formula is C22H27N3O5S. The van der Waals surface area contributed by atoms with Crippen molar-refractivity contribution in [3.8, 4) is 0 Å². The molecule has 1 aliphatic rings. The van der Waals surface area contributed by atoms with Gasteiger partial charge in [0.2, 0.25) is 5.78 Å². The van der Waals surface area contributed by atoms with Gasteiger partial charge in [-0.2, -0.15) is 0 Å². The number of hydrogen-bond acceptors (Lipinski definition) is 6. The molecule has 2 aromatic rings. The summed E-state index contributed by atoms with van der Waals surface area (Å²) >= 11 is 0. The van der Waals surface area contributed by atoms with Gasteiger partial charge in [-0.05, 0) is 24.5 Å². The minimum Gasteiger partial charge on any atom is -0.348 e. The molecule has 31 heavy (non-hydrogen) atoms. The van der Waals surface area contributed by atoms with Crippen molar-refractivity contribution in [1.82, 2.24) is 14.9 Å². The summed E-state index contributed by atoms with van der Waals surface area (Å²) in [6, 6.07) is 8.01. The Morgan fingerprint density at radius 2 is 1.94 bits per heavy atom. The molecule has 0 saturated carbocycles. The molecule has 2 heterocycles. The van der Waals surface area contributed by atoms with Gasteiger partial charge in [0.05, 0.1) is 17.0 Å². The molecule has 166 valence electrons. The molecule has 1 N–H and O–H groups in total. The van der Waals surface area contributed by atoms with Crippen LogP contribution in [-0.2, 0) is 37.2 Å². The van der Waals surface area contributed by atoms with Crippen molar-refractivity contribution in [2.75, 3.05) is 12.3 Å². The first kappa shape index (κ1) is 22.9. The second-order valence-corrected chi connectivity index (χ2v) is 10.2. The minimum absolute atomic E-state index is 0.162. The van der Waals surface area contributed by atoms with Crippen LogP contribution in [0.15, 0.2) is 47.8 Å². The summed E-state index contributed by atoms with van der Waals surface area (Å²) < 4.78 is 27.5. The molecular weight excluding hydrogens is 418 g/mol. The molecule has 1 amide bonds. The second kappa shape index (κ2) is 9.55. The average Bonchev–Trinajstić information content (AvgIpc) is 3.18. The number of carbonyl (C=O) groups is 3. The van der Waals surface area contributed by atoms with Crippen LogP contribution in [0.1, 0.15) is 26.0 Å². The lowest BCUT2D eigenvalue weighted by Crippen LogP contribution is -2.38. The second-order valence-electron chi connectivity index (χ2n) is 8.21. The van der Waals surface area contributed by atoms with Crippen LogP contribution in [0.2, 0.25) is 0 Å². The summed E-state index contributed by atoms with van der Waals surface area (Å²) in [6.07, 6.45) is 3.26. The van der Waals surface area contributed by atoms with Crippen LogP contribution in [0.3, 0.4) is 0 Å². The lowest BCUT2D eigenvalue weighted by Gasteiger charge is -2.22. The van der Waals surface area contributed by atoms with Gasteiger partial charge in [-0.15, -0.1) is 0 Å². The van der Waals surface area contributed by atoms with E-state index in [4.69, 9.17) is 0 Å². The van der Waals surface area contributed by atoms with E-state index in [0.29, 0.717) is 13.1 Å². The maximum Gasteiger partial charge on any atom is 0.287 e. The van der Waals surface area contributed by atoms with E-state index in [1.807, 2.05) is 4.57 Å². The van der Waals surface area contributed by atoms with Gasteiger partial charge in [0.25, 0.3) is 5.91 Å². The zero-order valence-electron chi connectivity index (χ0n) is 17.7. The number of rotatable bonds is 7. The van der Waals surface area contributed by atoms with Crippen LogP contribution in [-0.4, -0.2) is 47.7 Å². The van der Waals surface area contributed by atoms with Crippen LogP contribution >= 0.6 is 0 Å². The van der Waals surface area contributed by atoms with Crippen molar-refractivity contribution in [3.63, 3.8) is 0 Å². The van der Waals surface area contributed by atoms with Crippen molar-refractivity contribution in [1.29, 1.82) is 0 Å². The predicted octanol–water partition coefficient (Wildman–Crippen LogP) is 1.45. The molecule has 1 aliphatic heterocycles. The van der Waals surface area contributed by atoms with Crippen LogP contribution in [0.4, 0.5) is 0 Å². The topological polar surface area (TPSA) is 115 Å². The molecule has 0 aliphatic carbocycles. The number of hydrogen-bond donors (Lipinski definition) is 1. The fraction of sp³-hybridized carbons (Fsp3) is 0.455. The van der Waals surface area contributed by atoms with Crippen molar-refractivity contribution >= 4 is 27.3 Å². The van der Waals surface area contributed by atoms with Crippen molar-refractivity contribution in [3.05, 3.63) is 48.5 Å². The number of sulfone groups is 1. The molecule has 0 bridgehead atoms. The minimum atomic E-state index is -3.67. The third-order valence-corrected chi connectivity index (χ3v) is 7.44. The summed E-state index contributed by atoms with van der Waals surface area (Å²) in [5.41, 5.74) is 0.764. The smallest absolute Gasteiger partial charge is 0.287 e. The predicted molar refractivity (Wildman–Crippen MR) is 114 cm³/mol. The Balaban J connectivity index is 1.82. The number of ketones is 2. The van der Waals surface area contributed by atoms with Gasteiger partial charge in [0, 0.05) is 43.2 Å². The zero-order valence-corrected chi connectivity index (χ0v) is 18.5. The Kier molecular flexibility index (Phi) is 7.04. The Morgan fingerprint density at radius 1 is 1.23 bits per heavy atom. The highest BCUT2D eigenvalue weighted by molar-refractivity contribution is 7.91. The zero-order chi connectivity index (χ0) is 22.6. The first-order valence-electron chi connectivity index (χ1n) is 10.3. The monoisotopic (exact) mass is 445 g/mol. The number of imidazole rings is 1. The van der Waals surface area contributed by atoms with Crippen LogP contribution < -0.4 is 5.32 Å². The van der Waals surface area contributed by atoms with E-state index < -0.39 is 33.4 Å². The molecule has 3 rings (SSSR count). The number of amides is 1. The van der Waals surface area contributed by atoms with E-state index in [1.54, 1.807) is 44.6 Å². The van der Waals surface area contributed by atoms with E-state index in [2.05, 4.69) is 10.3 Å². The summed E-state index contributed by atoms with van der Waals surface area (Å²) in [5.74, 6) is -3.91. The summed E-state index contributed by atoms with van der Waals surface area (Å²) in [4.78, 5) is 42.3. The van der Waals surface area contributed by atoms with Crippen molar-refractivity contribution in [2.24, 2.45) is 17.8 Å². The highest BCUT2D eigenvalue weighted by Crippen LogP contribution is 2.25. The largest absolute Gasteiger partial charge is 0.348 e. The number of Topliss-reactive ketones (excluding diaryl/α,β-unsaturated/α-hetero) is 2. The van der Waals surface area contributed by atoms with Crippen LogP contribution in [0, 0.1) is 17.8 Å². The van der Waals surface area contributed by atoms with Crippen LogP contribution in [0.25, 0.3) is 0 Å². The number of nitrogens with one attached hydrogen (secondary N) is 1. The molecule has 1 aromatic heterocycles. The Morgan fingerprint density at radius 3 is 2.61 bits per heavy atom. The highest BCUT2D eigenvalue weighted by Gasteiger charge is 2.35. The molecule has 0 radical (unpaired) electrons. The molecule has 0 saturated heterocycles. The Hall–Kier alpha value is -2.81. The van der Waals surface area contributed by atoms with E-state index in [0.717, 1.165) is 5.69 Å². The normalized spacial score (nSPS) is 18.5. The number of carbonyl (C=O) groups excluding carboxylic acids is 3. The number of fused-ring (bicyclic) bond motifs is 1. The van der Waals surface area contributed by atoms with Gasteiger partial charge < -0.3 is 9.88 Å². The number of aromatic nitrogens is 2. The summed E-state index contributed by atoms with van der Waals surface area (Å²) in [7, 11) is -3.67. The molecule has 0 fully saturated rings. The van der Waals surface area contributed by atoms with E-state index in [1.165, 1.54) is 12.1 Å². The molecule has 2 atom stereocenters. The maximum atomic E-state index is 13.2. The van der Waals surface area contributed by atoms with Crippen LogP contribution in [0.5, 0.6) is 0 Å². The van der Waals surface area contributed by atoms with Gasteiger partial charge in [0.15, 0.2) is 9.84 Å². The van der Waals surface area contributed by atoms with Gasteiger partial charge >= 0.3 is 0 Å². The fourth-order valence-electron chi connectivity index (χ4n) is 3.80. The number of nitrogens with zero attached hydrogens (tertiary/aromatic N) is 2. The average molecular weight is 446 g/mol. The SMILES string of the molecule is CC(C)C(CS(=O)(=O)c1ccccc1)C(=O)CC1Cc2cncn2CCNC(=O)C1=O. The first-order chi connectivity index (χ1) is 14.7. The molecule has 9 heteroatoms. The molecule has 2 unspecified atom stereocenters. The Labute approximate surface area is 182 Å². The third kappa shape index (κ3) is 5.46. The molecule has 0 spiro atoms. The van der Waals surface area contributed by atoms with Gasteiger partial charge in [-0.25, -0.2) is 13.4 Å². The molecule has 8 nitrogen and oxygen atoms in total. The van der Waals surface area contributed by atoms with E-state index in [-0.39, 0.29) is 35.2 Å². The van der Waals surface area contributed by atoms with Gasteiger partial charge in [-0.1, -0.05) is 32.0 Å². The maximum absolute atomic E-state index is 13.2. The van der Waals surface area contributed by atoms with E-state index in [9.17, 15) is 22.8 Å². The molecule has 1 aromatic carbocycles. The first-order valence-corrected chi connectivity index (χ1v) is 12.0. The summed E-state index contributed by atoms with van der Waals surface area (Å²) in [5, 5.41) is 2.58. The Bertz CT molecular complexity index is 1060. The van der Waals surface area contributed by atoms with Crippen molar-refractivity contribution in [2.45, 2.75) is 38.1 Å². The van der Waals surface area contributed by atoms with Gasteiger partial charge in [-0.3, -0.25) is 14.4 Å². The standard InChI is InChI=1S/C22H27N3O5S/c1-15(2)19(13-31(29,30)18-6-4-3-5-7-18)20(26)11-16-10-17-12-23-14-25(17)9-8-24-22(28)21(16)27/h3-7,12,14-16,19H,8-11,13H2,1-2H3,(H,24,28). The lowest BCUT2D eigenvalue weighted by atomic mass is 9.84. The summed E-state index contributed by atoms with van der Waals surface area (Å²) in [6.45, 7) is 4.35. The fourth-order valence-corrected chi connectivity index (χ4v) is 5.61. The number of benzene rings is 1. The van der Waals surface area contributed by atoms with Gasteiger partial charge in [0.1, 0.15) is 5.78 Å². The highest BCUT2D eigenvalue weighted by atomic mass is 32.2. The third-order valence-electron chi connectivity index (χ3n) is 5.65. The van der Waals surface area contributed by atoms with E-state index >= 15 is 0 Å². The van der Waals surface area contributed by atoms with Crippen molar-refractivity contribution < 1.29 is 22.8 Å². The quantitative estimate of drug-likeness (QED) is 0.645. The lowest BCUT2D eigenvalue weighted by molar-refractivity contribution is -0.141.